The normalized spacial score (nSPS) is 44.0. The summed E-state index contributed by atoms with van der Waals surface area (Å²) in [6.07, 6.45) is 1.25. The third kappa shape index (κ3) is 1.93. The first-order valence-corrected chi connectivity index (χ1v) is 6.21. The van der Waals surface area contributed by atoms with Crippen LogP contribution in [0.1, 0.15) is 20.3 Å². The third-order valence-electron chi connectivity index (χ3n) is 4.56. The molecule has 3 unspecified atom stereocenters. The van der Waals surface area contributed by atoms with Crippen LogP contribution in [0.4, 0.5) is 0 Å². The predicted molar refractivity (Wildman–Crippen MR) is 63.8 cm³/mol. The van der Waals surface area contributed by atoms with Gasteiger partial charge in [0.05, 0.1) is 0 Å². The van der Waals surface area contributed by atoms with Crippen molar-refractivity contribution in [1.29, 1.82) is 0 Å². The molecule has 3 atom stereocenters. The second-order valence-electron chi connectivity index (χ2n) is 5.78. The Morgan fingerprint density at radius 3 is 2.27 bits per heavy atom. The maximum absolute atomic E-state index is 6.03. The van der Waals surface area contributed by atoms with E-state index in [9.17, 15) is 0 Å². The minimum atomic E-state index is 0.285. The molecule has 3 nitrogen and oxygen atoms in total. The van der Waals surface area contributed by atoms with Crippen molar-refractivity contribution in [2.24, 2.45) is 17.6 Å². The fourth-order valence-corrected chi connectivity index (χ4v) is 3.13. The van der Waals surface area contributed by atoms with Crippen LogP contribution >= 0.6 is 0 Å². The predicted octanol–water partition coefficient (Wildman–Crippen LogP) is 0.607. The summed E-state index contributed by atoms with van der Waals surface area (Å²) in [5.74, 6) is 1.67. The lowest BCUT2D eigenvalue weighted by Gasteiger charge is -2.38. The molecule has 2 aliphatic heterocycles. The smallest absolute Gasteiger partial charge is 0.0470 e. The molecule has 0 aromatic carbocycles. The van der Waals surface area contributed by atoms with Crippen molar-refractivity contribution in [2.75, 3.05) is 39.8 Å². The fraction of sp³-hybridized carbons (Fsp3) is 1.00. The summed E-state index contributed by atoms with van der Waals surface area (Å²) in [5.41, 5.74) is 6.32. The van der Waals surface area contributed by atoms with Gasteiger partial charge in [-0.25, -0.2) is 0 Å². The SMILES string of the molecule is CC1CN(C2(CN)CCN(C)C2)CC1C. The average molecular weight is 211 g/mol. The van der Waals surface area contributed by atoms with Gasteiger partial charge in [-0.2, -0.15) is 0 Å². The van der Waals surface area contributed by atoms with E-state index in [-0.39, 0.29) is 5.54 Å². The number of hydrogen-bond donors (Lipinski definition) is 1. The molecule has 0 saturated carbocycles. The van der Waals surface area contributed by atoms with Crippen LogP contribution in [0.25, 0.3) is 0 Å². The maximum Gasteiger partial charge on any atom is 0.0470 e. The minimum absolute atomic E-state index is 0.285. The van der Waals surface area contributed by atoms with Gasteiger partial charge in [0.25, 0.3) is 0 Å². The molecule has 0 aromatic rings. The highest BCUT2D eigenvalue weighted by Gasteiger charge is 2.44. The molecular weight excluding hydrogens is 186 g/mol. The Hall–Kier alpha value is -0.120. The van der Waals surface area contributed by atoms with Gasteiger partial charge in [-0.1, -0.05) is 13.8 Å². The maximum atomic E-state index is 6.03. The second kappa shape index (κ2) is 4.04. The topological polar surface area (TPSA) is 32.5 Å². The Kier molecular flexibility index (Phi) is 3.06. The Morgan fingerprint density at radius 1 is 1.27 bits per heavy atom. The molecule has 15 heavy (non-hydrogen) atoms. The van der Waals surface area contributed by atoms with Gasteiger partial charge in [0, 0.05) is 31.7 Å². The summed E-state index contributed by atoms with van der Waals surface area (Å²) < 4.78 is 0. The largest absolute Gasteiger partial charge is 0.329 e. The van der Waals surface area contributed by atoms with E-state index >= 15 is 0 Å². The van der Waals surface area contributed by atoms with Crippen LogP contribution in [0, 0.1) is 11.8 Å². The molecule has 2 heterocycles. The molecule has 3 heteroatoms. The lowest BCUT2D eigenvalue weighted by Crippen LogP contribution is -2.54. The molecule has 2 rings (SSSR count). The van der Waals surface area contributed by atoms with Crippen LogP contribution in [0.2, 0.25) is 0 Å². The van der Waals surface area contributed by atoms with Crippen molar-refractivity contribution in [3.63, 3.8) is 0 Å². The Balaban J connectivity index is 2.08. The van der Waals surface area contributed by atoms with Crippen molar-refractivity contribution in [3.8, 4) is 0 Å². The average Bonchev–Trinajstić information content (AvgIpc) is 2.73. The van der Waals surface area contributed by atoms with Crippen LogP contribution in [0.3, 0.4) is 0 Å². The molecular formula is C12H25N3. The molecule has 2 aliphatic rings. The summed E-state index contributed by atoms with van der Waals surface area (Å²) in [5, 5.41) is 0. The second-order valence-corrected chi connectivity index (χ2v) is 5.78. The van der Waals surface area contributed by atoms with Crippen LogP contribution < -0.4 is 5.73 Å². The van der Waals surface area contributed by atoms with Gasteiger partial charge in [0.15, 0.2) is 0 Å². The van der Waals surface area contributed by atoms with Crippen molar-refractivity contribution < 1.29 is 0 Å². The highest BCUT2D eigenvalue weighted by molar-refractivity contribution is 5.02. The first-order chi connectivity index (χ1) is 7.07. The first kappa shape index (κ1) is 11.4. The monoisotopic (exact) mass is 211 g/mol. The van der Waals surface area contributed by atoms with Crippen LogP contribution in [0.15, 0.2) is 0 Å². The highest BCUT2D eigenvalue weighted by Crippen LogP contribution is 2.33. The first-order valence-electron chi connectivity index (χ1n) is 6.21. The molecule has 88 valence electrons. The quantitative estimate of drug-likeness (QED) is 0.726. The van der Waals surface area contributed by atoms with E-state index in [4.69, 9.17) is 5.73 Å². The van der Waals surface area contributed by atoms with Crippen LogP contribution in [-0.4, -0.2) is 55.1 Å². The lowest BCUT2D eigenvalue weighted by molar-refractivity contribution is 0.125. The molecule has 0 spiro atoms. The van der Waals surface area contributed by atoms with Crippen molar-refractivity contribution in [1.82, 2.24) is 9.80 Å². The van der Waals surface area contributed by atoms with E-state index in [1.807, 2.05) is 0 Å². The van der Waals surface area contributed by atoms with Crippen molar-refractivity contribution >= 4 is 0 Å². The molecule has 0 aliphatic carbocycles. The van der Waals surface area contributed by atoms with Gasteiger partial charge in [0.1, 0.15) is 0 Å². The number of nitrogens with zero attached hydrogens (tertiary/aromatic N) is 2. The molecule has 0 amide bonds. The number of likely N-dealkylation sites (N-methyl/N-ethyl adjacent to an activating group) is 1. The number of rotatable bonds is 2. The number of nitrogens with two attached hydrogens (primary N) is 1. The third-order valence-corrected chi connectivity index (χ3v) is 4.56. The molecule has 0 radical (unpaired) electrons. The van der Waals surface area contributed by atoms with Gasteiger partial charge in [-0.05, 0) is 31.8 Å². The van der Waals surface area contributed by atoms with E-state index in [0.717, 1.165) is 24.9 Å². The van der Waals surface area contributed by atoms with Gasteiger partial charge in [-0.15, -0.1) is 0 Å². The number of likely N-dealkylation sites (tertiary alicyclic amines) is 2. The van der Waals surface area contributed by atoms with Gasteiger partial charge in [0.2, 0.25) is 0 Å². The summed E-state index contributed by atoms with van der Waals surface area (Å²) in [4.78, 5) is 5.08. The van der Waals surface area contributed by atoms with Crippen molar-refractivity contribution in [2.45, 2.75) is 25.8 Å². The van der Waals surface area contributed by atoms with Crippen LogP contribution in [-0.2, 0) is 0 Å². The summed E-state index contributed by atoms with van der Waals surface area (Å²) in [6.45, 7) is 10.4. The van der Waals surface area contributed by atoms with Gasteiger partial charge >= 0.3 is 0 Å². The minimum Gasteiger partial charge on any atom is -0.329 e. The zero-order chi connectivity index (χ0) is 11.1. The van der Waals surface area contributed by atoms with E-state index in [0.29, 0.717) is 0 Å². The molecule has 0 bridgehead atoms. The van der Waals surface area contributed by atoms with E-state index in [1.165, 1.54) is 26.1 Å². The van der Waals surface area contributed by atoms with Gasteiger partial charge in [-0.3, -0.25) is 4.90 Å². The van der Waals surface area contributed by atoms with Gasteiger partial charge < -0.3 is 10.6 Å². The Bertz CT molecular complexity index is 221. The Morgan fingerprint density at radius 2 is 1.87 bits per heavy atom. The van der Waals surface area contributed by atoms with Crippen LogP contribution in [0.5, 0.6) is 0 Å². The Labute approximate surface area is 93.6 Å². The summed E-state index contributed by atoms with van der Waals surface area (Å²) in [7, 11) is 2.21. The van der Waals surface area contributed by atoms with E-state index in [2.05, 4.69) is 30.7 Å². The molecule has 2 saturated heterocycles. The van der Waals surface area contributed by atoms with E-state index < -0.39 is 0 Å². The van der Waals surface area contributed by atoms with Crippen molar-refractivity contribution in [3.05, 3.63) is 0 Å². The molecule has 2 N–H and O–H groups in total. The summed E-state index contributed by atoms with van der Waals surface area (Å²) in [6, 6.07) is 0. The molecule has 2 fully saturated rings. The standard InChI is InChI=1S/C12H25N3/c1-10-6-15(7-11(10)2)12(8-13)4-5-14(3)9-12/h10-11H,4-9,13H2,1-3H3. The summed E-state index contributed by atoms with van der Waals surface area (Å²) >= 11 is 0. The molecule has 0 aromatic heterocycles. The highest BCUT2D eigenvalue weighted by atomic mass is 15.3. The van der Waals surface area contributed by atoms with E-state index in [1.54, 1.807) is 0 Å². The zero-order valence-corrected chi connectivity index (χ0v) is 10.4. The lowest BCUT2D eigenvalue weighted by atomic mass is 9.96. The fourth-order valence-electron chi connectivity index (χ4n) is 3.13. The number of hydrogen-bond acceptors (Lipinski definition) is 3. The zero-order valence-electron chi connectivity index (χ0n) is 10.4.